The summed E-state index contributed by atoms with van der Waals surface area (Å²) in [5.41, 5.74) is 0.405. The predicted octanol–water partition coefficient (Wildman–Crippen LogP) is 0.657. The number of aromatic nitrogens is 3. The van der Waals surface area contributed by atoms with Gasteiger partial charge in [-0.2, -0.15) is 0 Å². The maximum Gasteiger partial charge on any atom is 0.350 e. The van der Waals surface area contributed by atoms with Gasteiger partial charge in [0.2, 0.25) is 0 Å². The van der Waals surface area contributed by atoms with Crippen molar-refractivity contribution in [1.82, 2.24) is 14.2 Å². The van der Waals surface area contributed by atoms with Crippen LogP contribution in [0.5, 0.6) is 0 Å². The van der Waals surface area contributed by atoms with E-state index in [1.165, 1.54) is 9.08 Å². The molecule has 0 saturated carbocycles. The lowest BCUT2D eigenvalue weighted by molar-refractivity contribution is 0.137. The summed E-state index contributed by atoms with van der Waals surface area (Å²) in [7, 11) is 0. The van der Waals surface area contributed by atoms with E-state index in [-0.39, 0.29) is 12.2 Å². The minimum atomic E-state index is -0.507. The zero-order valence-corrected chi connectivity index (χ0v) is 9.21. The molecule has 0 saturated heterocycles. The standard InChI is InChI=1S/C11H15N3O2/c1-2-5-9(15)8-14-11(16)13-7-4-3-6-10(13)12-14/h3-4,6-7,9,15H,2,5,8H2,1H3. The molecule has 1 atom stereocenters. The fourth-order valence-electron chi connectivity index (χ4n) is 1.71. The molecule has 0 fully saturated rings. The van der Waals surface area contributed by atoms with Crippen LogP contribution in [0.15, 0.2) is 29.2 Å². The lowest BCUT2D eigenvalue weighted by Gasteiger charge is -2.06. The summed E-state index contributed by atoms with van der Waals surface area (Å²) >= 11 is 0. The molecule has 0 aliphatic heterocycles. The third-order valence-corrected chi connectivity index (χ3v) is 2.49. The molecule has 0 aliphatic carbocycles. The highest BCUT2D eigenvalue weighted by Gasteiger charge is 2.10. The van der Waals surface area contributed by atoms with Gasteiger partial charge in [-0.1, -0.05) is 19.4 Å². The van der Waals surface area contributed by atoms with Crippen molar-refractivity contribution in [3.8, 4) is 0 Å². The van der Waals surface area contributed by atoms with Crippen LogP contribution in [-0.2, 0) is 6.54 Å². The molecular weight excluding hydrogens is 206 g/mol. The van der Waals surface area contributed by atoms with Crippen LogP contribution in [0.2, 0.25) is 0 Å². The van der Waals surface area contributed by atoms with Gasteiger partial charge >= 0.3 is 5.69 Å². The lowest BCUT2D eigenvalue weighted by Crippen LogP contribution is -2.27. The van der Waals surface area contributed by atoms with Crippen molar-refractivity contribution in [1.29, 1.82) is 0 Å². The Labute approximate surface area is 92.9 Å². The molecule has 2 aromatic rings. The Balaban J connectivity index is 2.31. The van der Waals surface area contributed by atoms with Crippen LogP contribution >= 0.6 is 0 Å². The zero-order chi connectivity index (χ0) is 11.5. The Bertz CT molecular complexity index is 529. The van der Waals surface area contributed by atoms with E-state index in [9.17, 15) is 9.90 Å². The maximum absolute atomic E-state index is 11.8. The lowest BCUT2D eigenvalue weighted by atomic mass is 10.2. The van der Waals surface area contributed by atoms with Crippen LogP contribution in [0.4, 0.5) is 0 Å². The topological polar surface area (TPSA) is 59.5 Å². The highest BCUT2D eigenvalue weighted by molar-refractivity contribution is 5.35. The summed E-state index contributed by atoms with van der Waals surface area (Å²) in [6.07, 6.45) is 2.74. The van der Waals surface area contributed by atoms with Crippen LogP contribution in [0.25, 0.3) is 5.65 Å². The number of pyridine rings is 1. The van der Waals surface area contributed by atoms with Gasteiger partial charge in [-0.3, -0.25) is 4.40 Å². The summed E-state index contributed by atoms with van der Waals surface area (Å²) in [6.45, 7) is 2.25. The van der Waals surface area contributed by atoms with Crippen molar-refractivity contribution in [2.45, 2.75) is 32.4 Å². The number of aliphatic hydroxyl groups is 1. The first-order valence-corrected chi connectivity index (χ1v) is 5.44. The zero-order valence-electron chi connectivity index (χ0n) is 9.21. The minimum Gasteiger partial charge on any atom is -0.391 e. The van der Waals surface area contributed by atoms with Gasteiger partial charge in [0.05, 0.1) is 12.6 Å². The Morgan fingerprint density at radius 3 is 3.00 bits per heavy atom. The molecule has 0 aromatic carbocycles. The molecular formula is C11H15N3O2. The first kappa shape index (κ1) is 10.9. The van der Waals surface area contributed by atoms with Crippen molar-refractivity contribution in [3.05, 3.63) is 34.9 Å². The van der Waals surface area contributed by atoms with E-state index in [2.05, 4.69) is 5.10 Å². The summed E-state index contributed by atoms with van der Waals surface area (Å²) in [5, 5.41) is 13.8. The summed E-state index contributed by atoms with van der Waals surface area (Å²) in [6, 6.07) is 5.38. The van der Waals surface area contributed by atoms with E-state index in [1.807, 2.05) is 13.0 Å². The molecule has 2 heterocycles. The number of nitrogens with zero attached hydrogens (tertiary/aromatic N) is 3. The van der Waals surface area contributed by atoms with Crippen molar-refractivity contribution >= 4 is 5.65 Å². The fraction of sp³-hybridized carbons (Fsp3) is 0.455. The van der Waals surface area contributed by atoms with Gasteiger partial charge < -0.3 is 5.11 Å². The Morgan fingerprint density at radius 2 is 2.31 bits per heavy atom. The SMILES string of the molecule is CCCC(O)Cn1nc2ccccn2c1=O. The van der Waals surface area contributed by atoms with E-state index in [0.717, 1.165) is 6.42 Å². The molecule has 0 bridgehead atoms. The molecule has 0 radical (unpaired) electrons. The molecule has 0 aliphatic rings. The first-order valence-electron chi connectivity index (χ1n) is 5.44. The number of hydrogen-bond donors (Lipinski definition) is 1. The van der Waals surface area contributed by atoms with Gasteiger partial charge in [-0.05, 0) is 18.6 Å². The molecule has 16 heavy (non-hydrogen) atoms. The fourth-order valence-corrected chi connectivity index (χ4v) is 1.71. The van der Waals surface area contributed by atoms with Crippen LogP contribution < -0.4 is 5.69 Å². The molecule has 5 heteroatoms. The van der Waals surface area contributed by atoms with Crippen LogP contribution in [0, 0.1) is 0 Å². The molecule has 1 N–H and O–H groups in total. The number of hydrogen-bond acceptors (Lipinski definition) is 3. The third kappa shape index (κ3) is 1.99. The van der Waals surface area contributed by atoms with E-state index >= 15 is 0 Å². The van der Waals surface area contributed by atoms with Crippen LogP contribution in [0.1, 0.15) is 19.8 Å². The quantitative estimate of drug-likeness (QED) is 0.825. The van der Waals surface area contributed by atoms with Crippen LogP contribution in [-0.4, -0.2) is 25.4 Å². The molecule has 1 unspecified atom stereocenters. The summed E-state index contributed by atoms with van der Waals surface area (Å²) < 4.78 is 2.79. The molecule has 86 valence electrons. The van der Waals surface area contributed by atoms with Crippen molar-refractivity contribution in [2.75, 3.05) is 0 Å². The molecule has 0 amide bonds. The summed E-state index contributed by atoms with van der Waals surface area (Å²) in [4.78, 5) is 11.8. The van der Waals surface area contributed by atoms with Gasteiger partial charge in [0, 0.05) is 6.20 Å². The van der Waals surface area contributed by atoms with Gasteiger partial charge in [0.25, 0.3) is 0 Å². The second-order valence-electron chi connectivity index (χ2n) is 3.84. The Kier molecular flexibility index (Phi) is 3.05. The number of rotatable bonds is 4. The first-order chi connectivity index (χ1) is 7.72. The van der Waals surface area contributed by atoms with Gasteiger partial charge in [0.15, 0.2) is 5.65 Å². The normalized spacial score (nSPS) is 13.1. The smallest absolute Gasteiger partial charge is 0.350 e. The molecule has 0 spiro atoms. The molecule has 5 nitrogen and oxygen atoms in total. The van der Waals surface area contributed by atoms with E-state index in [4.69, 9.17) is 0 Å². The molecule has 2 aromatic heterocycles. The average Bonchev–Trinajstić information content (AvgIpc) is 2.57. The maximum atomic E-state index is 11.8. The average molecular weight is 221 g/mol. The summed E-state index contributed by atoms with van der Waals surface area (Å²) in [5.74, 6) is 0. The van der Waals surface area contributed by atoms with E-state index in [1.54, 1.807) is 18.3 Å². The second kappa shape index (κ2) is 4.49. The van der Waals surface area contributed by atoms with Crippen molar-refractivity contribution in [3.63, 3.8) is 0 Å². The van der Waals surface area contributed by atoms with Gasteiger partial charge in [-0.25, -0.2) is 9.48 Å². The van der Waals surface area contributed by atoms with Gasteiger partial charge in [0.1, 0.15) is 0 Å². The highest BCUT2D eigenvalue weighted by Crippen LogP contribution is 2.00. The van der Waals surface area contributed by atoms with E-state index in [0.29, 0.717) is 12.1 Å². The van der Waals surface area contributed by atoms with Gasteiger partial charge in [-0.15, -0.1) is 5.10 Å². The number of fused-ring (bicyclic) bond motifs is 1. The largest absolute Gasteiger partial charge is 0.391 e. The monoisotopic (exact) mass is 221 g/mol. The third-order valence-electron chi connectivity index (χ3n) is 2.49. The molecule has 2 rings (SSSR count). The highest BCUT2D eigenvalue weighted by atomic mass is 16.3. The second-order valence-corrected chi connectivity index (χ2v) is 3.84. The van der Waals surface area contributed by atoms with Crippen molar-refractivity contribution in [2.24, 2.45) is 0 Å². The van der Waals surface area contributed by atoms with Crippen molar-refractivity contribution < 1.29 is 5.11 Å². The van der Waals surface area contributed by atoms with E-state index < -0.39 is 6.10 Å². The predicted molar refractivity (Wildman–Crippen MR) is 60.4 cm³/mol. The Hall–Kier alpha value is -1.62. The van der Waals surface area contributed by atoms with Crippen LogP contribution in [0.3, 0.4) is 0 Å². The number of aliphatic hydroxyl groups excluding tert-OH is 1. The minimum absolute atomic E-state index is 0.203. The Morgan fingerprint density at radius 1 is 1.50 bits per heavy atom.